The quantitative estimate of drug-likeness (QED) is 0.241. The van der Waals surface area contributed by atoms with Gasteiger partial charge in [0.15, 0.2) is 0 Å². The van der Waals surface area contributed by atoms with E-state index in [1.54, 1.807) is 12.1 Å². The fraction of sp³-hybridized carbons (Fsp3) is 0.107. The summed E-state index contributed by atoms with van der Waals surface area (Å²) < 4.78 is 28.3. The van der Waals surface area contributed by atoms with Gasteiger partial charge >= 0.3 is 0 Å². The van der Waals surface area contributed by atoms with Crippen molar-refractivity contribution in [3.05, 3.63) is 135 Å². The van der Waals surface area contributed by atoms with E-state index >= 15 is 0 Å². The average Bonchev–Trinajstić information content (AvgIpc) is 2.89. The van der Waals surface area contributed by atoms with Crippen LogP contribution >= 0.6 is 34.8 Å². The van der Waals surface area contributed by atoms with Gasteiger partial charge in [0.1, 0.15) is 0 Å². The van der Waals surface area contributed by atoms with Gasteiger partial charge in [-0.15, -0.1) is 0 Å². The molecule has 0 saturated heterocycles. The Bertz CT molecular complexity index is 1430. The summed E-state index contributed by atoms with van der Waals surface area (Å²) in [6.07, 6.45) is 0. The lowest BCUT2D eigenvalue weighted by atomic mass is 9.99. The van der Waals surface area contributed by atoms with Gasteiger partial charge in [-0.25, -0.2) is 8.42 Å². The van der Waals surface area contributed by atoms with Crippen molar-refractivity contribution in [3.8, 4) is 0 Å². The maximum Gasteiger partial charge on any atom is 0.243 e. The Kier molecular flexibility index (Phi) is 8.90. The number of nitrogens with one attached hydrogen (secondary N) is 1. The molecule has 0 aliphatic carbocycles. The first-order valence-electron chi connectivity index (χ1n) is 11.3. The number of halogens is 3. The monoisotopic (exact) mass is 572 g/mol. The van der Waals surface area contributed by atoms with Gasteiger partial charge < -0.3 is 5.32 Å². The van der Waals surface area contributed by atoms with E-state index in [0.717, 1.165) is 15.4 Å². The molecule has 0 spiro atoms. The molecular weight excluding hydrogens is 551 g/mol. The zero-order chi connectivity index (χ0) is 26.4. The van der Waals surface area contributed by atoms with Crippen molar-refractivity contribution in [2.75, 3.05) is 6.54 Å². The topological polar surface area (TPSA) is 66.5 Å². The molecule has 37 heavy (non-hydrogen) atoms. The molecule has 9 heteroatoms. The highest BCUT2D eigenvalue weighted by molar-refractivity contribution is 7.89. The highest BCUT2D eigenvalue weighted by Crippen LogP contribution is 2.27. The highest BCUT2D eigenvalue weighted by Gasteiger charge is 2.29. The maximum atomic E-state index is 13.6. The second kappa shape index (κ2) is 12.1. The summed E-state index contributed by atoms with van der Waals surface area (Å²) in [5, 5.41) is 4.13. The van der Waals surface area contributed by atoms with Crippen LogP contribution in [0.5, 0.6) is 0 Å². The molecule has 4 aromatic rings. The lowest BCUT2D eigenvalue weighted by Crippen LogP contribution is -2.41. The van der Waals surface area contributed by atoms with Crippen molar-refractivity contribution in [3.63, 3.8) is 0 Å². The summed E-state index contributed by atoms with van der Waals surface area (Å²) in [5.74, 6) is -0.472. The molecule has 4 rings (SSSR count). The minimum Gasteiger partial charge on any atom is -0.344 e. The Hall–Kier alpha value is -2.87. The third-order valence-corrected chi connectivity index (χ3v) is 8.35. The smallest absolute Gasteiger partial charge is 0.243 e. The number of rotatable bonds is 9. The zero-order valence-electron chi connectivity index (χ0n) is 19.5. The van der Waals surface area contributed by atoms with Gasteiger partial charge in [0.25, 0.3) is 0 Å². The molecule has 0 bridgehead atoms. The van der Waals surface area contributed by atoms with Gasteiger partial charge in [-0.1, -0.05) is 102 Å². The first-order chi connectivity index (χ1) is 17.7. The SMILES string of the molecule is O=C(CN(Cc1ccc(Cl)cc1Cl)S(=O)(=O)c1ccc(Cl)cc1)NC(c1ccccc1)c1ccccc1. The zero-order valence-corrected chi connectivity index (χ0v) is 22.6. The fourth-order valence-corrected chi connectivity index (χ4v) is 5.81. The number of hydrogen-bond acceptors (Lipinski definition) is 3. The molecule has 0 aromatic heterocycles. The number of hydrogen-bond donors (Lipinski definition) is 1. The molecule has 0 fully saturated rings. The van der Waals surface area contributed by atoms with E-state index in [4.69, 9.17) is 34.8 Å². The third kappa shape index (κ3) is 6.92. The van der Waals surface area contributed by atoms with Crippen molar-refractivity contribution in [2.24, 2.45) is 0 Å². The summed E-state index contributed by atoms with van der Waals surface area (Å²) in [6.45, 7) is -0.560. The van der Waals surface area contributed by atoms with Crippen LogP contribution in [-0.2, 0) is 21.4 Å². The van der Waals surface area contributed by atoms with E-state index in [9.17, 15) is 13.2 Å². The Balaban J connectivity index is 1.65. The van der Waals surface area contributed by atoms with Gasteiger partial charge in [0.2, 0.25) is 15.9 Å². The van der Waals surface area contributed by atoms with E-state index in [2.05, 4.69) is 5.32 Å². The van der Waals surface area contributed by atoms with Crippen molar-refractivity contribution >= 4 is 50.7 Å². The van der Waals surface area contributed by atoms with Crippen molar-refractivity contribution in [1.29, 1.82) is 0 Å². The second-order valence-corrected chi connectivity index (χ2v) is 11.5. The molecule has 0 aliphatic rings. The van der Waals surface area contributed by atoms with Crippen LogP contribution < -0.4 is 5.32 Å². The molecule has 0 saturated carbocycles. The van der Waals surface area contributed by atoms with Crippen LogP contribution in [0, 0.1) is 0 Å². The largest absolute Gasteiger partial charge is 0.344 e. The van der Waals surface area contributed by atoms with Crippen LogP contribution in [0.3, 0.4) is 0 Å². The molecule has 1 N–H and O–H groups in total. The average molecular weight is 574 g/mol. The third-order valence-electron chi connectivity index (χ3n) is 5.70. The normalized spacial score (nSPS) is 11.6. The molecule has 0 atom stereocenters. The number of nitrogens with zero attached hydrogens (tertiary/aromatic N) is 1. The van der Waals surface area contributed by atoms with Gasteiger partial charge in [-0.05, 0) is 53.1 Å². The van der Waals surface area contributed by atoms with Gasteiger partial charge in [0, 0.05) is 21.6 Å². The molecule has 0 aliphatic heterocycles. The highest BCUT2D eigenvalue weighted by atomic mass is 35.5. The Morgan fingerprint density at radius 3 is 1.84 bits per heavy atom. The molecular formula is C28H23Cl3N2O3S. The van der Waals surface area contributed by atoms with Crippen LogP contribution in [-0.4, -0.2) is 25.2 Å². The predicted molar refractivity (Wildman–Crippen MR) is 148 cm³/mol. The fourth-order valence-electron chi connectivity index (χ4n) is 3.84. The summed E-state index contributed by atoms with van der Waals surface area (Å²) in [7, 11) is -4.08. The predicted octanol–water partition coefficient (Wildman–Crippen LogP) is 6.74. The summed E-state index contributed by atoms with van der Waals surface area (Å²) in [5.41, 5.74) is 2.25. The van der Waals surface area contributed by atoms with Gasteiger partial charge in [-0.2, -0.15) is 4.31 Å². The minimum atomic E-state index is -4.08. The summed E-state index contributed by atoms with van der Waals surface area (Å²) >= 11 is 18.3. The number of benzene rings is 4. The van der Waals surface area contributed by atoms with E-state index in [1.165, 1.54) is 30.3 Å². The Labute approximate surface area is 231 Å². The van der Waals surface area contributed by atoms with Crippen molar-refractivity contribution in [2.45, 2.75) is 17.5 Å². The van der Waals surface area contributed by atoms with Crippen LogP contribution in [0.4, 0.5) is 0 Å². The number of sulfonamides is 1. The van der Waals surface area contributed by atoms with Crippen LogP contribution in [0.15, 0.2) is 108 Å². The molecule has 0 unspecified atom stereocenters. The van der Waals surface area contributed by atoms with Crippen LogP contribution in [0.1, 0.15) is 22.7 Å². The Morgan fingerprint density at radius 2 is 1.30 bits per heavy atom. The first kappa shape index (κ1) is 27.2. The van der Waals surface area contributed by atoms with Gasteiger partial charge in [0.05, 0.1) is 17.5 Å². The molecule has 190 valence electrons. The lowest BCUT2D eigenvalue weighted by molar-refractivity contribution is -0.121. The number of amides is 1. The lowest BCUT2D eigenvalue weighted by Gasteiger charge is -2.25. The summed E-state index contributed by atoms with van der Waals surface area (Å²) in [6, 6.07) is 29.1. The van der Waals surface area contributed by atoms with Crippen molar-refractivity contribution < 1.29 is 13.2 Å². The number of carbonyl (C=O) groups is 1. The van der Waals surface area contributed by atoms with E-state index in [-0.39, 0.29) is 11.4 Å². The van der Waals surface area contributed by atoms with Crippen LogP contribution in [0.2, 0.25) is 15.1 Å². The van der Waals surface area contributed by atoms with E-state index < -0.39 is 28.5 Å². The second-order valence-electron chi connectivity index (χ2n) is 8.28. The molecule has 1 amide bonds. The standard InChI is InChI=1S/C28H23Cl3N2O3S/c29-23-13-15-25(16-14-23)37(35,36)33(18-22-11-12-24(30)17-26(22)31)19-27(34)32-28(20-7-3-1-4-8-20)21-9-5-2-6-10-21/h1-17,28H,18-19H2,(H,32,34). The molecule has 0 heterocycles. The minimum absolute atomic E-state index is 0.0115. The number of carbonyl (C=O) groups excluding carboxylic acids is 1. The molecule has 0 radical (unpaired) electrons. The molecule has 5 nitrogen and oxygen atoms in total. The van der Waals surface area contributed by atoms with Crippen LogP contribution in [0.25, 0.3) is 0 Å². The summed E-state index contributed by atoms with van der Waals surface area (Å²) in [4.78, 5) is 13.4. The van der Waals surface area contributed by atoms with E-state index in [0.29, 0.717) is 20.6 Å². The maximum absolute atomic E-state index is 13.6. The van der Waals surface area contributed by atoms with E-state index in [1.807, 2.05) is 60.7 Å². The Morgan fingerprint density at radius 1 is 0.757 bits per heavy atom. The first-order valence-corrected chi connectivity index (χ1v) is 13.9. The molecule has 4 aromatic carbocycles. The van der Waals surface area contributed by atoms with Gasteiger partial charge in [-0.3, -0.25) is 4.79 Å². The van der Waals surface area contributed by atoms with Crippen molar-refractivity contribution in [1.82, 2.24) is 9.62 Å².